The molecule has 1 unspecified atom stereocenters. The maximum Gasteiger partial charge on any atom is 0.272 e. The molecule has 1 atom stereocenters. The lowest BCUT2D eigenvalue weighted by atomic mass is 10.0. The molecule has 0 aliphatic rings. The number of aryl methyl sites for hydroxylation is 2. The van der Waals surface area contributed by atoms with Gasteiger partial charge in [-0.2, -0.15) is 0 Å². The summed E-state index contributed by atoms with van der Waals surface area (Å²) in [6, 6.07) is 3.68. The molecule has 1 rings (SSSR count). The van der Waals surface area contributed by atoms with Crippen molar-refractivity contribution in [1.29, 1.82) is 0 Å². The Bertz CT molecular complexity index is 347. The molecule has 0 spiro atoms. The first-order valence-corrected chi connectivity index (χ1v) is 5.19. The van der Waals surface area contributed by atoms with E-state index in [9.17, 15) is 8.78 Å². The van der Waals surface area contributed by atoms with Crippen LogP contribution in [0.1, 0.15) is 29.7 Å². The van der Waals surface area contributed by atoms with Gasteiger partial charge in [0, 0.05) is 6.04 Å². The number of rotatable bonds is 4. The van der Waals surface area contributed by atoms with Gasteiger partial charge in [-0.3, -0.25) is 0 Å². The minimum atomic E-state index is -2.45. The van der Waals surface area contributed by atoms with E-state index in [1.807, 2.05) is 32.9 Å². The second-order valence-electron chi connectivity index (χ2n) is 3.97. The van der Waals surface area contributed by atoms with Crippen molar-refractivity contribution in [1.82, 2.24) is 0 Å². The smallest absolute Gasteiger partial charge is 0.272 e. The molecule has 1 aromatic rings. The van der Waals surface area contributed by atoms with E-state index in [0.717, 1.165) is 16.7 Å². The van der Waals surface area contributed by atoms with Crippen LogP contribution in [0.2, 0.25) is 0 Å². The summed E-state index contributed by atoms with van der Waals surface area (Å²) in [5.41, 5.74) is 8.43. The highest BCUT2D eigenvalue weighted by atomic mass is 35.5. The van der Waals surface area contributed by atoms with Crippen molar-refractivity contribution in [3.8, 4) is 5.75 Å². The van der Waals surface area contributed by atoms with Gasteiger partial charge in [-0.25, -0.2) is 8.78 Å². The van der Waals surface area contributed by atoms with E-state index in [0.29, 0.717) is 5.75 Å². The van der Waals surface area contributed by atoms with Gasteiger partial charge in [-0.1, -0.05) is 12.1 Å². The van der Waals surface area contributed by atoms with Crippen LogP contribution in [-0.4, -0.2) is 13.0 Å². The molecule has 17 heavy (non-hydrogen) atoms. The topological polar surface area (TPSA) is 35.2 Å². The quantitative estimate of drug-likeness (QED) is 0.906. The fourth-order valence-corrected chi connectivity index (χ4v) is 1.62. The van der Waals surface area contributed by atoms with Crippen molar-refractivity contribution in [3.05, 3.63) is 28.8 Å². The number of halogens is 3. The third-order valence-corrected chi connectivity index (χ3v) is 2.36. The zero-order valence-corrected chi connectivity index (χ0v) is 11.0. The van der Waals surface area contributed by atoms with E-state index >= 15 is 0 Å². The molecule has 0 amide bonds. The molecule has 1 aromatic carbocycles. The number of alkyl halides is 2. The molecule has 0 fully saturated rings. The molecule has 0 saturated heterocycles. The zero-order chi connectivity index (χ0) is 12.3. The largest absolute Gasteiger partial charge is 0.487 e. The lowest BCUT2D eigenvalue weighted by Crippen LogP contribution is -2.10. The summed E-state index contributed by atoms with van der Waals surface area (Å²) in [7, 11) is 0. The molecule has 0 radical (unpaired) electrons. The van der Waals surface area contributed by atoms with Crippen LogP contribution in [0, 0.1) is 13.8 Å². The van der Waals surface area contributed by atoms with Crippen molar-refractivity contribution in [3.63, 3.8) is 0 Å². The van der Waals surface area contributed by atoms with E-state index < -0.39 is 13.0 Å². The summed E-state index contributed by atoms with van der Waals surface area (Å²) in [6.45, 7) is 4.98. The number of hydrogen-bond acceptors (Lipinski definition) is 2. The zero-order valence-electron chi connectivity index (χ0n) is 10.2. The summed E-state index contributed by atoms with van der Waals surface area (Å²) in [5, 5.41) is 0. The Balaban J connectivity index is 0.00000256. The SMILES string of the molecule is Cc1cc(C(C)N)cc(C)c1OCC(F)F.Cl. The molecule has 0 bridgehead atoms. The molecular weight excluding hydrogens is 248 g/mol. The Kier molecular flexibility index (Phi) is 6.42. The standard InChI is InChI=1S/C12H17F2NO.ClH/c1-7-4-10(9(3)15)5-8(2)12(7)16-6-11(13)14;/h4-5,9,11H,6,15H2,1-3H3;1H. The highest BCUT2D eigenvalue weighted by Crippen LogP contribution is 2.27. The Morgan fingerprint density at radius 3 is 2.06 bits per heavy atom. The van der Waals surface area contributed by atoms with Crippen molar-refractivity contribution >= 4 is 12.4 Å². The van der Waals surface area contributed by atoms with Gasteiger partial charge in [0.15, 0.2) is 0 Å². The average Bonchev–Trinajstić information content (AvgIpc) is 2.15. The minimum absolute atomic E-state index is 0. The lowest BCUT2D eigenvalue weighted by Gasteiger charge is -2.15. The Labute approximate surface area is 107 Å². The first kappa shape index (κ1) is 16.1. The molecule has 2 N–H and O–H groups in total. The molecule has 2 nitrogen and oxygen atoms in total. The van der Waals surface area contributed by atoms with Gasteiger partial charge in [0.2, 0.25) is 0 Å². The molecule has 0 saturated carbocycles. The van der Waals surface area contributed by atoms with E-state index in [2.05, 4.69) is 0 Å². The van der Waals surface area contributed by atoms with Crippen LogP contribution < -0.4 is 10.5 Å². The van der Waals surface area contributed by atoms with Crippen LogP contribution >= 0.6 is 12.4 Å². The average molecular weight is 266 g/mol. The molecule has 0 aliphatic heterocycles. The molecule has 0 aliphatic carbocycles. The molecule has 0 aromatic heterocycles. The van der Waals surface area contributed by atoms with E-state index in [1.165, 1.54) is 0 Å². The van der Waals surface area contributed by atoms with Gasteiger partial charge in [0.05, 0.1) is 0 Å². The van der Waals surface area contributed by atoms with E-state index in [-0.39, 0.29) is 18.4 Å². The van der Waals surface area contributed by atoms with E-state index in [4.69, 9.17) is 10.5 Å². The summed E-state index contributed by atoms with van der Waals surface area (Å²) >= 11 is 0. The molecule has 5 heteroatoms. The van der Waals surface area contributed by atoms with Gasteiger partial charge in [0.1, 0.15) is 12.4 Å². The van der Waals surface area contributed by atoms with Crippen LogP contribution in [0.15, 0.2) is 12.1 Å². The normalized spacial score (nSPS) is 12.2. The predicted molar refractivity (Wildman–Crippen MR) is 67.3 cm³/mol. The Hall–Kier alpha value is -0.870. The maximum atomic E-state index is 12.0. The van der Waals surface area contributed by atoms with Crippen molar-refractivity contribution in [2.45, 2.75) is 33.2 Å². The second kappa shape index (κ2) is 6.77. The van der Waals surface area contributed by atoms with Gasteiger partial charge in [0.25, 0.3) is 6.43 Å². The Morgan fingerprint density at radius 1 is 1.24 bits per heavy atom. The van der Waals surface area contributed by atoms with Gasteiger partial charge < -0.3 is 10.5 Å². The minimum Gasteiger partial charge on any atom is -0.487 e. The highest BCUT2D eigenvalue weighted by molar-refractivity contribution is 5.85. The summed E-state index contributed by atoms with van der Waals surface area (Å²) in [6.07, 6.45) is -2.45. The van der Waals surface area contributed by atoms with E-state index in [1.54, 1.807) is 0 Å². The van der Waals surface area contributed by atoms with Crippen LogP contribution in [-0.2, 0) is 0 Å². The number of nitrogens with two attached hydrogens (primary N) is 1. The van der Waals surface area contributed by atoms with Crippen molar-refractivity contribution in [2.24, 2.45) is 5.73 Å². The van der Waals surface area contributed by atoms with Crippen molar-refractivity contribution in [2.75, 3.05) is 6.61 Å². The van der Waals surface area contributed by atoms with Gasteiger partial charge in [-0.05, 0) is 37.5 Å². The lowest BCUT2D eigenvalue weighted by molar-refractivity contribution is 0.0812. The second-order valence-corrected chi connectivity index (χ2v) is 3.97. The molecule has 0 heterocycles. The number of ether oxygens (including phenoxy) is 1. The summed E-state index contributed by atoms with van der Waals surface area (Å²) in [4.78, 5) is 0. The molecule has 98 valence electrons. The number of benzene rings is 1. The predicted octanol–water partition coefficient (Wildman–Crippen LogP) is 3.39. The van der Waals surface area contributed by atoms with Crippen LogP contribution in [0.5, 0.6) is 5.75 Å². The highest BCUT2D eigenvalue weighted by Gasteiger charge is 2.11. The van der Waals surface area contributed by atoms with Crippen LogP contribution in [0.25, 0.3) is 0 Å². The van der Waals surface area contributed by atoms with Crippen LogP contribution in [0.4, 0.5) is 8.78 Å². The van der Waals surface area contributed by atoms with Crippen molar-refractivity contribution < 1.29 is 13.5 Å². The third kappa shape index (κ3) is 4.48. The summed E-state index contributed by atoms with van der Waals surface area (Å²) in [5.74, 6) is 0.532. The summed E-state index contributed by atoms with van der Waals surface area (Å²) < 4.78 is 29.2. The van der Waals surface area contributed by atoms with Gasteiger partial charge >= 0.3 is 0 Å². The first-order valence-electron chi connectivity index (χ1n) is 5.19. The third-order valence-electron chi connectivity index (χ3n) is 2.36. The maximum absolute atomic E-state index is 12.0. The van der Waals surface area contributed by atoms with Gasteiger partial charge in [-0.15, -0.1) is 12.4 Å². The fourth-order valence-electron chi connectivity index (χ4n) is 1.62. The Morgan fingerprint density at radius 2 is 1.71 bits per heavy atom. The first-order chi connectivity index (χ1) is 7.41. The number of hydrogen-bond donors (Lipinski definition) is 1. The monoisotopic (exact) mass is 265 g/mol. The molecular formula is C12H18ClF2NO. The fraction of sp³-hybridized carbons (Fsp3) is 0.500. The van der Waals surface area contributed by atoms with Crippen LogP contribution in [0.3, 0.4) is 0 Å².